The Hall–Kier alpha value is -1.53. The van der Waals surface area contributed by atoms with Crippen LogP contribution < -0.4 is 0 Å². The average molecular weight is 311 g/mol. The van der Waals surface area contributed by atoms with E-state index >= 15 is 0 Å². The largest absolute Gasteiger partial charge is 0.0933 e. The van der Waals surface area contributed by atoms with Crippen LogP contribution in [0.15, 0.2) is 60.1 Å². The van der Waals surface area contributed by atoms with Crippen LogP contribution in [0.2, 0.25) is 0 Å². The molecule has 1 aliphatic carbocycles. The number of hydrogen-bond acceptors (Lipinski definition) is 0. The highest BCUT2D eigenvalue weighted by Crippen LogP contribution is 2.37. The molecule has 2 aromatic rings. The lowest BCUT2D eigenvalue weighted by Crippen LogP contribution is -2.11. The second-order valence-electron chi connectivity index (χ2n) is 6.42. The van der Waals surface area contributed by atoms with Crippen molar-refractivity contribution in [3.8, 4) is 11.1 Å². The molecular weight excluding hydrogens is 288 g/mol. The van der Waals surface area contributed by atoms with Gasteiger partial charge in [-0.1, -0.05) is 71.8 Å². The van der Waals surface area contributed by atoms with E-state index < -0.39 is 0 Å². The lowest BCUT2D eigenvalue weighted by Gasteiger charge is -2.27. The van der Waals surface area contributed by atoms with Gasteiger partial charge in [-0.15, -0.1) is 0 Å². The first kappa shape index (κ1) is 15.4. The molecule has 0 saturated heterocycles. The van der Waals surface area contributed by atoms with Crippen molar-refractivity contribution in [2.75, 3.05) is 0 Å². The van der Waals surface area contributed by atoms with E-state index in [1.54, 1.807) is 5.54 Å². The summed E-state index contributed by atoms with van der Waals surface area (Å²) in [7, 11) is 0. The van der Waals surface area contributed by atoms with Crippen molar-refractivity contribution in [3.63, 3.8) is 0 Å². The molecule has 0 heterocycles. The van der Waals surface area contributed by atoms with Crippen molar-refractivity contribution in [1.29, 1.82) is 0 Å². The molecule has 0 nitrogen and oxygen atoms in total. The smallest absolute Gasteiger partial charge is 0.000525 e. The standard InChI is InChI=1S/C21H23Cl/c1-16-2-6-18(7-3-16)20-10-12-21(13-11-20)19-8-4-17(5-9-19)14-15-22/h2-3,6-7,10-15,17,19H,4-5,8-9H2,1H3/b15-14+/t17-,19-. The molecule has 1 saturated carbocycles. The molecule has 3 rings (SSSR count). The monoisotopic (exact) mass is 310 g/mol. The predicted molar refractivity (Wildman–Crippen MR) is 96.3 cm³/mol. The fourth-order valence-electron chi connectivity index (χ4n) is 3.44. The van der Waals surface area contributed by atoms with Crippen LogP contribution in [0.5, 0.6) is 0 Å². The first-order valence-corrected chi connectivity index (χ1v) is 8.64. The molecule has 0 amide bonds. The molecule has 0 radical (unpaired) electrons. The minimum Gasteiger partial charge on any atom is -0.0933 e. The van der Waals surface area contributed by atoms with Crippen LogP contribution in [0.1, 0.15) is 42.7 Å². The Labute approximate surface area is 138 Å². The third-order valence-electron chi connectivity index (χ3n) is 4.88. The zero-order chi connectivity index (χ0) is 15.4. The lowest BCUT2D eigenvalue weighted by molar-refractivity contribution is 0.376. The Morgan fingerprint density at radius 3 is 1.91 bits per heavy atom. The fourth-order valence-corrected chi connectivity index (χ4v) is 3.65. The Morgan fingerprint density at radius 2 is 1.36 bits per heavy atom. The van der Waals surface area contributed by atoms with Crippen LogP contribution in [0, 0.1) is 12.8 Å². The van der Waals surface area contributed by atoms with E-state index in [0.29, 0.717) is 11.8 Å². The van der Waals surface area contributed by atoms with Crippen molar-refractivity contribution in [1.82, 2.24) is 0 Å². The molecule has 0 unspecified atom stereocenters. The topological polar surface area (TPSA) is 0 Å². The minimum atomic E-state index is 0.681. The first-order valence-electron chi connectivity index (χ1n) is 8.20. The van der Waals surface area contributed by atoms with Crippen LogP contribution in [0.3, 0.4) is 0 Å². The lowest BCUT2D eigenvalue weighted by atomic mass is 9.78. The van der Waals surface area contributed by atoms with Gasteiger partial charge < -0.3 is 0 Å². The fraction of sp³-hybridized carbons (Fsp3) is 0.333. The van der Waals surface area contributed by atoms with Crippen molar-refractivity contribution in [3.05, 3.63) is 71.3 Å². The summed E-state index contributed by atoms with van der Waals surface area (Å²) < 4.78 is 0. The van der Waals surface area contributed by atoms with E-state index in [1.807, 2.05) is 0 Å². The molecule has 1 heteroatoms. The van der Waals surface area contributed by atoms with E-state index in [9.17, 15) is 0 Å². The number of benzene rings is 2. The quantitative estimate of drug-likeness (QED) is 0.592. The number of rotatable bonds is 3. The third kappa shape index (κ3) is 3.62. The summed E-state index contributed by atoms with van der Waals surface area (Å²) in [5.74, 6) is 1.40. The summed E-state index contributed by atoms with van der Waals surface area (Å²) in [4.78, 5) is 0. The minimum absolute atomic E-state index is 0.681. The third-order valence-corrected chi connectivity index (χ3v) is 5.03. The van der Waals surface area contributed by atoms with Gasteiger partial charge in [0.05, 0.1) is 0 Å². The van der Waals surface area contributed by atoms with Gasteiger partial charge in [0, 0.05) is 5.54 Å². The van der Waals surface area contributed by atoms with Gasteiger partial charge in [0.1, 0.15) is 0 Å². The Kier molecular flexibility index (Phi) is 5.00. The predicted octanol–water partition coefficient (Wildman–Crippen LogP) is 6.69. The summed E-state index contributed by atoms with van der Waals surface area (Å²) in [5, 5.41) is 0. The second kappa shape index (κ2) is 7.15. The molecule has 0 aliphatic heterocycles. The molecule has 0 N–H and O–H groups in total. The summed E-state index contributed by atoms with van der Waals surface area (Å²) in [5.41, 5.74) is 7.09. The first-order chi connectivity index (χ1) is 10.8. The van der Waals surface area contributed by atoms with Crippen LogP contribution >= 0.6 is 11.6 Å². The number of aryl methyl sites for hydroxylation is 1. The Morgan fingerprint density at radius 1 is 0.818 bits per heavy atom. The highest BCUT2D eigenvalue weighted by Gasteiger charge is 2.20. The molecule has 1 fully saturated rings. The van der Waals surface area contributed by atoms with Crippen LogP contribution in [0.25, 0.3) is 11.1 Å². The molecule has 0 spiro atoms. The molecule has 22 heavy (non-hydrogen) atoms. The normalized spacial score (nSPS) is 22.1. The summed E-state index contributed by atoms with van der Waals surface area (Å²) in [6.45, 7) is 2.13. The molecule has 0 bridgehead atoms. The van der Waals surface area contributed by atoms with Gasteiger partial charge in [-0.05, 0) is 61.1 Å². The van der Waals surface area contributed by atoms with Crippen molar-refractivity contribution < 1.29 is 0 Å². The maximum absolute atomic E-state index is 5.69. The Bertz CT molecular complexity index is 614. The van der Waals surface area contributed by atoms with Gasteiger partial charge in [0.2, 0.25) is 0 Å². The molecular formula is C21H23Cl. The van der Waals surface area contributed by atoms with Gasteiger partial charge in [-0.2, -0.15) is 0 Å². The maximum Gasteiger partial charge on any atom is 0.000525 e. The zero-order valence-electron chi connectivity index (χ0n) is 13.1. The van der Waals surface area contributed by atoms with Gasteiger partial charge in [0.25, 0.3) is 0 Å². The molecule has 0 atom stereocenters. The molecule has 114 valence electrons. The van der Waals surface area contributed by atoms with Crippen molar-refractivity contribution >= 4 is 11.6 Å². The van der Waals surface area contributed by atoms with Crippen molar-refractivity contribution in [2.24, 2.45) is 5.92 Å². The summed E-state index contributed by atoms with van der Waals surface area (Å²) in [6.07, 6.45) is 7.21. The highest BCUT2D eigenvalue weighted by atomic mass is 35.5. The van der Waals surface area contributed by atoms with Gasteiger partial charge in [-0.3, -0.25) is 0 Å². The zero-order valence-corrected chi connectivity index (χ0v) is 13.9. The van der Waals surface area contributed by atoms with E-state index in [1.165, 1.54) is 47.9 Å². The number of allylic oxidation sites excluding steroid dienone is 1. The molecule has 0 aromatic heterocycles. The SMILES string of the molecule is Cc1ccc(-c2ccc([C@H]3CC[C@H](/C=C/Cl)CC3)cc2)cc1. The van der Waals surface area contributed by atoms with E-state index in [-0.39, 0.29) is 0 Å². The van der Waals surface area contributed by atoms with Crippen LogP contribution in [-0.4, -0.2) is 0 Å². The Balaban J connectivity index is 1.68. The summed E-state index contributed by atoms with van der Waals surface area (Å²) >= 11 is 5.69. The van der Waals surface area contributed by atoms with Crippen molar-refractivity contribution in [2.45, 2.75) is 38.5 Å². The number of halogens is 1. The average Bonchev–Trinajstić information content (AvgIpc) is 2.57. The summed E-state index contributed by atoms with van der Waals surface area (Å²) in [6, 6.07) is 17.9. The van der Waals surface area contributed by atoms with E-state index in [4.69, 9.17) is 11.6 Å². The molecule has 1 aliphatic rings. The van der Waals surface area contributed by atoms with Gasteiger partial charge in [0.15, 0.2) is 0 Å². The van der Waals surface area contributed by atoms with Crippen LogP contribution in [0.4, 0.5) is 0 Å². The van der Waals surface area contributed by atoms with Gasteiger partial charge in [-0.25, -0.2) is 0 Å². The second-order valence-corrected chi connectivity index (χ2v) is 6.67. The van der Waals surface area contributed by atoms with Crippen LogP contribution in [-0.2, 0) is 0 Å². The van der Waals surface area contributed by atoms with Gasteiger partial charge >= 0.3 is 0 Å². The van der Waals surface area contributed by atoms with E-state index in [0.717, 1.165) is 0 Å². The number of hydrogen-bond donors (Lipinski definition) is 0. The highest BCUT2D eigenvalue weighted by molar-refractivity contribution is 6.25. The molecule has 2 aromatic carbocycles. The van der Waals surface area contributed by atoms with E-state index in [2.05, 4.69) is 61.5 Å². The maximum atomic E-state index is 5.69.